The Balaban J connectivity index is 1.71. The average Bonchev–Trinajstić information content (AvgIpc) is 3.72. The third-order valence-electron chi connectivity index (χ3n) is 6.79. The van der Waals surface area contributed by atoms with Gasteiger partial charge < -0.3 is 24.8 Å². The molecule has 10 heteroatoms. The van der Waals surface area contributed by atoms with Gasteiger partial charge in [-0.3, -0.25) is 19.3 Å². The SMILES string of the molecule is CCc1ccc(N(C(=O)CNC(=O)c2cccs2)[C@@H](C(=O)NC[C@H]2CCCO2)c2ccc(OC)c(OC)c2)cc1. The third kappa shape index (κ3) is 7.00. The fourth-order valence-corrected chi connectivity index (χ4v) is 5.26. The molecule has 2 atom stereocenters. The van der Waals surface area contributed by atoms with Gasteiger partial charge in [-0.1, -0.05) is 31.2 Å². The van der Waals surface area contributed by atoms with Crippen molar-refractivity contribution in [3.8, 4) is 11.5 Å². The molecule has 0 unspecified atom stereocenters. The summed E-state index contributed by atoms with van der Waals surface area (Å²) < 4.78 is 16.6. The lowest BCUT2D eigenvalue weighted by atomic mass is 10.0. The zero-order valence-corrected chi connectivity index (χ0v) is 23.8. The molecule has 0 spiro atoms. The molecule has 2 aromatic carbocycles. The molecule has 1 saturated heterocycles. The standard InChI is InChI=1S/C30H35N3O6S/c1-4-20-9-12-22(13-10-20)33(27(34)19-32-29(35)26-8-6-16-40-26)28(30(36)31-18-23-7-5-15-39-23)21-11-14-24(37-2)25(17-21)38-3/h6,8-14,16-17,23,28H,4-5,7,15,18-19H2,1-3H3,(H,31,36)(H,32,35)/t23-,28-/m1/s1. The summed E-state index contributed by atoms with van der Waals surface area (Å²) in [6, 6.07) is 15.0. The topological polar surface area (TPSA) is 106 Å². The van der Waals surface area contributed by atoms with Crippen LogP contribution in [-0.4, -0.2) is 57.7 Å². The average molecular weight is 566 g/mol. The minimum Gasteiger partial charge on any atom is -0.493 e. The minimum absolute atomic E-state index is 0.0759. The highest BCUT2D eigenvalue weighted by Crippen LogP contribution is 2.34. The van der Waals surface area contributed by atoms with E-state index in [1.165, 1.54) is 30.5 Å². The van der Waals surface area contributed by atoms with Gasteiger partial charge in [0, 0.05) is 18.8 Å². The normalized spacial score (nSPS) is 15.2. The van der Waals surface area contributed by atoms with Gasteiger partial charge in [-0.15, -0.1) is 11.3 Å². The number of carbonyl (C=O) groups is 3. The molecule has 0 saturated carbocycles. The lowest BCUT2D eigenvalue weighted by Gasteiger charge is -2.32. The van der Waals surface area contributed by atoms with Crippen molar-refractivity contribution in [2.45, 2.75) is 38.3 Å². The van der Waals surface area contributed by atoms with Gasteiger partial charge in [0.25, 0.3) is 5.91 Å². The highest BCUT2D eigenvalue weighted by Gasteiger charge is 2.34. The molecule has 1 fully saturated rings. The van der Waals surface area contributed by atoms with Gasteiger partial charge in [0.15, 0.2) is 11.5 Å². The Morgan fingerprint density at radius 3 is 2.45 bits per heavy atom. The summed E-state index contributed by atoms with van der Waals surface area (Å²) in [6.07, 6.45) is 2.55. The third-order valence-corrected chi connectivity index (χ3v) is 7.66. The van der Waals surface area contributed by atoms with Gasteiger partial charge >= 0.3 is 0 Å². The van der Waals surface area contributed by atoms with Crippen molar-refractivity contribution in [2.24, 2.45) is 0 Å². The first-order chi connectivity index (χ1) is 19.4. The number of hydrogen-bond donors (Lipinski definition) is 2. The number of benzene rings is 2. The van der Waals surface area contributed by atoms with E-state index in [9.17, 15) is 14.4 Å². The summed E-state index contributed by atoms with van der Waals surface area (Å²) >= 11 is 1.29. The number of anilines is 1. The Morgan fingerprint density at radius 1 is 1.05 bits per heavy atom. The van der Waals surface area contributed by atoms with Crippen LogP contribution in [0.25, 0.3) is 0 Å². The molecular formula is C30H35N3O6S. The molecule has 4 rings (SSSR count). The van der Waals surface area contributed by atoms with Gasteiger partial charge in [-0.2, -0.15) is 0 Å². The molecule has 1 aliphatic rings. The fraction of sp³-hybridized carbons (Fsp3) is 0.367. The monoisotopic (exact) mass is 565 g/mol. The van der Waals surface area contributed by atoms with Gasteiger partial charge in [-0.25, -0.2) is 0 Å². The van der Waals surface area contributed by atoms with Crippen LogP contribution >= 0.6 is 11.3 Å². The van der Waals surface area contributed by atoms with Gasteiger partial charge in [0.2, 0.25) is 11.8 Å². The van der Waals surface area contributed by atoms with Crippen LogP contribution in [-0.2, 0) is 20.7 Å². The van der Waals surface area contributed by atoms with Gasteiger partial charge in [0.05, 0.1) is 31.7 Å². The van der Waals surface area contributed by atoms with Crippen LogP contribution in [0.15, 0.2) is 60.0 Å². The number of thiophene rings is 1. The Bertz CT molecular complexity index is 1290. The zero-order chi connectivity index (χ0) is 28.5. The maximum absolute atomic E-state index is 13.9. The second-order valence-electron chi connectivity index (χ2n) is 9.34. The van der Waals surface area contributed by atoms with E-state index < -0.39 is 11.9 Å². The second kappa shape index (κ2) is 14.0. The number of methoxy groups -OCH3 is 2. The number of nitrogens with zero attached hydrogens (tertiary/aromatic N) is 1. The van der Waals surface area contributed by atoms with Crippen molar-refractivity contribution >= 4 is 34.7 Å². The number of nitrogens with one attached hydrogen (secondary N) is 2. The van der Waals surface area contributed by atoms with Crippen LogP contribution in [0.3, 0.4) is 0 Å². The molecule has 3 aromatic rings. The highest BCUT2D eigenvalue weighted by molar-refractivity contribution is 7.12. The van der Waals surface area contributed by atoms with Crippen LogP contribution < -0.4 is 25.0 Å². The summed E-state index contributed by atoms with van der Waals surface area (Å²) in [6.45, 7) is 2.74. The number of aryl methyl sites for hydroxylation is 1. The van der Waals surface area contributed by atoms with Crippen molar-refractivity contribution in [2.75, 3.05) is 38.8 Å². The van der Waals surface area contributed by atoms with Crippen molar-refractivity contribution in [3.63, 3.8) is 0 Å². The molecule has 40 heavy (non-hydrogen) atoms. The number of carbonyl (C=O) groups excluding carboxylic acids is 3. The molecule has 0 bridgehead atoms. The maximum atomic E-state index is 13.9. The van der Waals surface area contributed by atoms with E-state index >= 15 is 0 Å². The van der Waals surface area contributed by atoms with E-state index in [1.807, 2.05) is 31.2 Å². The predicted octanol–water partition coefficient (Wildman–Crippen LogP) is 4.13. The van der Waals surface area contributed by atoms with E-state index in [0.717, 1.165) is 24.8 Å². The quantitative estimate of drug-likeness (QED) is 0.342. The van der Waals surface area contributed by atoms with Crippen LogP contribution in [0.2, 0.25) is 0 Å². The smallest absolute Gasteiger partial charge is 0.261 e. The first kappa shape index (κ1) is 29.1. The first-order valence-corrected chi connectivity index (χ1v) is 14.2. The molecule has 2 N–H and O–H groups in total. The molecule has 3 amide bonds. The Morgan fingerprint density at radius 2 is 1.82 bits per heavy atom. The van der Waals surface area contributed by atoms with Crippen LogP contribution in [0, 0.1) is 0 Å². The van der Waals surface area contributed by atoms with E-state index in [0.29, 0.717) is 40.8 Å². The van der Waals surface area contributed by atoms with Crippen molar-refractivity contribution in [3.05, 3.63) is 76.0 Å². The molecule has 212 valence electrons. The van der Waals surface area contributed by atoms with Crippen molar-refractivity contribution in [1.29, 1.82) is 0 Å². The summed E-state index contributed by atoms with van der Waals surface area (Å²) in [5, 5.41) is 7.49. The van der Waals surface area contributed by atoms with Gasteiger partial charge in [-0.05, 0) is 66.1 Å². The lowest BCUT2D eigenvalue weighted by Crippen LogP contribution is -2.48. The summed E-state index contributed by atoms with van der Waals surface area (Å²) in [5.74, 6) is -0.244. The molecule has 0 aliphatic carbocycles. The summed E-state index contributed by atoms with van der Waals surface area (Å²) in [7, 11) is 3.05. The molecule has 9 nitrogen and oxygen atoms in total. The molecule has 1 aromatic heterocycles. The Labute approximate surface area is 238 Å². The maximum Gasteiger partial charge on any atom is 0.261 e. The lowest BCUT2D eigenvalue weighted by molar-refractivity contribution is -0.126. The predicted molar refractivity (Wildman–Crippen MR) is 154 cm³/mol. The summed E-state index contributed by atoms with van der Waals surface area (Å²) in [4.78, 5) is 42.4. The van der Waals surface area contributed by atoms with Crippen molar-refractivity contribution in [1.82, 2.24) is 10.6 Å². The molecular weight excluding hydrogens is 530 g/mol. The first-order valence-electron chi connectivity index (χ1n) is 13.3. The van der Waals surface area contributed by atoms with E-state index in [1.54, 1.807) is 35.7 Å². The number of hydrogen-bond acceptors (Lipinski definition) is 7. The number of rotatable bonds is 12. The molecule has 0 radical (unpaired) electrons. The highest BCUT2D eigenvalue weighted by atomic mass is 32.1. The number of ether oxygens (including phenoxy) is 3. The minimum atomic E-state index is -1.06. The van der Waals surface area contributed by atoms with Crippen LogP contribution in [0.4, 0.5) is 5.69 Å². The molecule has 2 heterocycles. The van der Waals surface area contributed by atoms with E-state index in [2.05, 4.69) is 10.6 Å². The Kier molecular flexibility index (Phi) is 10.2. The number of amides is 3. The van der Waals surface area contributed by atoms with E-state index in [-0.39, 0.29) is 24.5 Å². The fourth-order valence-electron chi connectivity index (χ4n) is 4.62. The van der Waals surface area contributed by atoms with Crippen LogP contribution in [0.1, 0.15) is 46.6 Å². The Hall–Kier alpha value is -3.89. The second-order valence-corrected chi connectivity index (χ2v) is 10.3. The largest absolute Gasteiger partial charge is 0.493 e. The zero-order valence-electron chi connectivity index (χ0n) is 23.0. The molecule has 1 aliphatic heterocycles. The summed E-state index contributed by atoms with van der Waals surface area (Å²) in [5.41, 5.74) is 2.15. The van der Waals surface area contributed by atoms with E-state index in [4.69, 9.17) is 14.2 Å². The van der Waals surface area contributed by atoms with Crippen molar-refractivity contribution < 1.29 is 28.6 Å². The van der Waals surface area contributed by atoms with Crippen LogP contribution in [0.5, 0.6) is 11.5 Å². The van der Waals surface area contributed by atoms with Gasteiger partial charge in [0.1, 0.15) is 6.04 Å².